The highest BCUT2D eigenvalue weighted by atomic mass is 32.2. The van der Waals surface area contributed by atoms with Crippen molar-refractivity contribution in [3.63, 3.8) is 0 Å². The van der Waals surface area contributed by atoms with Crippen LogP contribution in [0.25, 0.3) is 0 Å². The van der Waals surface area contributed by atoms with Crippen molar-refractivity contribution in [2.45, 2.75) is 37.1 Å². The molecular formula is C13H17NO4S. The summed E-state index contributed by atoms with van der Waals surface area (Å²) in [5, 5.41) is 8.83. The molecule has 1 aromatic rings. The Morgan fingerprint density at radius 2 is 1.95 bits per heavy atom. The molecule has 0 aliphatic heterocycles. The third-order valence-corrected chi connectivity index (χ3v) is 4.73. The van der Waals surface area contributed by atoms with E-state index in [2.05, 4.69) is 4.72 Å². The van der Waals surface area contributed by atoms with E-state index in [1.54, 1.807) is 12.1 Å². The minimum atomic E-state index is -3.64. The lowest BCUT2D eigenvalue weighted by molar-refractivity contribution is -0.137. The number of rotatable bonds is 6. The lowest BCUT2D eigenvalue weighted by atomic mass is 10.1. The summed E-state index contributed by atoms with van der Waals surface area (Å²) in [6.45, 7) is 1.88. The Labute approximate surface area is 112 Å². The fourth-order valence-corrected chi connectivity index (χ4v) is 3.28. The molecule has 2 N–H and O–H groups in total. The lowest BCUT2D eigenvalue weighted by Gasteiger charge is -2.16. The molecule has 1 unspecified atom stereocenters. The van der Waals surface area contributed by atoms with Crippen molar-refractivity contribution >= 4 is 16.0 Å². The predicted molar refractivity (Wildman–Crippen MR) is 70.3 cm³/mol. The maximum absolute atomic E-state index is 12.2. The Morgan fingerprint density at radius 3 is 2.42 bits per heavy atom. The van der Waals surface area contributed by atoms with Crippen LogP contribution in [0.5, 0.6) is 0 Å². The van der Waals surface area contributed by atoms with Crippen LogP contribution in [0.3, 0.4) is 0 Å². The third-order valence-electron chi connectivity index (χ3n) is 3.22. The van der Waals surface area contributed by atoms with E-state index in [1.807, 2.05) is 6.92 Å². The first-order chi connectivity index (χ1) is 8.88. The van der Waals surface area contributed by atoms with E-state index in [0.29, 0.717) is 0 Å². The number of benzene rings is 1. The highest BCUT2D eigenvalue weighted by molar-refractivity contribution is 7.89. The summed E-state index contributed by atoms with van der Waals surface area (Å²) in [4.78, 5) is 10.9. The van der Waals surface area contributed by atoms with Crippen molar-refractivity contribution in [2.75, 3.05) is 0 Å². The van der Waals surface area contributed by atoms with Crippen LogP contribution in [0.4, 0.5) is 0 Å². The van der Waals surface area contributed by atoms with Gasteiger partial charge in [-0.25, -0.2) is 13.1 Å². The lowest BCUT2D eigenvalue weighted by Crippen LogP contribution is -2.38. The molecule has 1 saturated carbocycles. The summed E-state index contributed by atoms with van der Waals surface area (Å²) in [6, 6.07) is 5.99. The molecule has 1 aromatic carbocycles. The van der Waals surface area contributed by atoms with Crippen LogP contribution in [-0.2, 0) is 14.8 Å². The zero-order valence-corrected chi connectivity index (χ0v) is 11.5. The summed E-state index contributed by atoms with van der Waals surface area (Å²) < 4.78 is 26.8. The quantitative estimate of drug-likeness (QED) is 0.829. The van der Waals surface area contributed by atoms with Crippen LogP contribution >= 0.6 is 0 Å². The van der Waals surface area contributed by atoms with Gasteiger partial charge < -0.3 is 5.11 Å². The van der Waals surface area contributed by atoms with Crippen LogP contribution in [0.2, 0.25) is 0 Å². The molecule has 0 amide bonds. The number of aliphatic carboxylic acids is 1. The molecule has 0 radical (unpaired) electrons. The van der Waals surface area contributed by atoms with Crippen LogP contribution in [0, 0.1) is 12.8 Å². The van der Waals surface area contributed by atoms with Gasteiger partial charge in [0, 0.05) is 6.04 Å². The molecule has 1 atom stereocenters. The average molecular weight is 283 g/mol. The SMILES string of the molecule is Cc1ccc(S(=O)(=O)NC(CC(=O)O)C2CC2)cc1. The van der Waals surface area contributed by atoms with E-state index < -0.39 is 22.0 Å². The molecule has 1 aliphatic rings. The highest BCUT2D eigenvalue weighted by Crippen LogP contribution is 2.34. The maximum atomic E-state index is 12.2. The van der Waals surface area contributed by atoms with Crippen molar-refractivity contribution in [3.8, 4) is 0 Å². The molecule has 0 heterocycles. The largest absolute Gasteiger partial charge is 0.481 e. The number of sulfonamides is 1. The van der Waals surface area contributed by atoms with E-state index in [9.17, 15) is 13.2 Å². The van der Waals surface area contributed by atoms with Gasteiger partial charge in [0.05, 0.1) is 11.3 Å². The van der Waals surface area contributed by atoms with Crippen molar-refractivity contribution < 1.29 is 18.3 Å². The number of hydrogen-bond donors (Lipinski definition) is 2. The maximum Gasteiger partial charge on any atom is 0.304 e. The second-order valence-corrected chi connectivity index (χ2v) is 6.69. The van der Waals surface area contributed by atoms with Gasteiger partial charge in [-0.3, -0.25) is 4.79 Å². The molecule has 104 valence electrons. The minimum absolute atomic E-state index is 0.149. The predicted octanol–water partition coefficient (Wildman–Crippen LogP) is 1.53. The molecule has 0 bridgehead atoms. The Balaban J connectivity index is 2.14. The van der Waals surface area contributed by atoms with Gasteiger partial charge in [0.15, 0.2) is 0 Å². The van der Waals surface area contributed by atoms with Crippen molar-refractivity contribution in [1.29, 1.82) is 0 Å². The normalized spacial score (nSPS) is 17.1. The van der Waals surface area contributed by atoms with E-state index in [1.165, 1.54) is 12.1 Å². The van der Waals surface area contributed by atoms with Crippen LogP contribution in [-0.4, -0.2) is 25.5 Å². The van der Waals surface area contributed by atoms with Crippen LogP contribution < -0.4 is 4.72 Å². The second-order valence-electron chi connectivity index (χ2n) is 4.98. The van der Waals surface area contributed by atoms with Gasteiger partial charge in [0.2, 0.25) is 10.0 Å². The van der Waals surface area contributed by atoms with Crippen molar-refractivity contribution in [1.82, 2.24) is 4.72 Å². The smallest absolute Gasteiger partial charge is 0.304 e. The molecule has 2 rings (SSSR count). The summed E-state index contributed by atoms with van der Waals surface area (Å²) in [5.41, 5.74) is 0.975. The standard InChI is InChI=1S/C13H17NO4S/c1-9-2-6-11(7-3-9)19(17,18)14-12(8-13(15)16)10-4-5-10/h2-3,6-7,10,12,14H,4-5,8H2,1H3,(H,15,16). The highest BCUT2D eigenvalue weighted by Gasteiger charge is 2.35. The summed E-state index contributed by atoms with van der Waals surface area (Å²) in [6.07, 6.45) is 1.60. The summed E-state index contributed by atoms with van der Waals surface area (Å²) in [5.74, 6) is -0.833. The molecule has 1 aliphatic carbocycles. The topological polar surface area (TPSA) is 83.5 Å². The number of carbonyl (C=O) groups is 1. The summed E-state index contributed by atoms with van der Waals surface area (Å²) in [7, 11) is -3.64. The Morgan fingerprint density at radius 1 is 1.37 bits per heavy atom. The number of hydrogen-bond acceptors (Lipinski definition) is 3. The molecule has 0 aromatic heterocycles. The number of nitrogens with one attached hydrogen (secondary N) is 1. The van der Waals surface area contributed by atoms with Crippen molar-refractivity contribution in [2.24, 2.45) is 5.92 Å². The zero-order valence-electron chi connectivity index (χ0n) is 10.7. The number of aryl methyl sites for hydroxylation is 1. The molecule has 6 heteroatoms. The first-order valence-electron chi connectivity index (χ1n) is 6.19. The summed E-state index contributed by atoms with van der Waals surface area (Å²) >= 11 is 0. The van der Waals surface area contributed by atoms with Crippen LogP contribution in [0.15, 0.2) is 29.2 Å². The van der Waals surface area contributed by atoms with Gasteiger partial charge in [-0.2, -0.15) is 0 Å². The Hall–Kier alpha value is -1.40. The van der Waals surface area contributed by atoms with Gasteiger partial charge in [-0.15, -0.1) is 0 Å². The van der Waals surface area contributed by atoms with E-state index in [-0.39, 0.29) is 17.2 Å². The number of carboxylic acid groups (broad SMARTS) is 1. The molecule has 5 nitrogen and oxygen atoms in total. The molecule has 19 heavy (non-hydrogen) atoms. The Kier molecular flexibility index (Phi) is 3.91. The fraction of sp³-hybridized carbons (Fsp3) is 0.462. The molecular weight excluding hydrogens is 266 g/mol. The van der Waals surface area contributed by atoms with Gasteiger partial charge in [-0.1, -0.05) is 17.7 Å². The molecule has 0 spiro atoms. The van der Waals surface area contributed by atoms with Gasteiger partial charge >= 0.3 is 5.97 Å². The van der Waals surface area contributed by atoms with Gasteiger partial charge in [0.1, 0.15) is 0 Å². The Bertz CT molecular complexity index is 561. The fourth-order valence-electron chi connectivity index (χ4n) is 1.98. The van der Waals surface area contributed by atoms with Crippen LogP contribution in [0.1, 0.15) is 24.8 Å². The first-order valence-corrected chi connectivity index (χ1v) is 7.67. The monoisotopic (exact) mass is 283 g/mol. The molecule has 1 fully saturated rings. The zero-order chi connectivity index (χ0) is 14.0. The van der Waals surface area contributed by atoms with Gasteiger partial charge in [-0.05, 0) is 37.8 Å². The first kappa shape index (κ1) is 14.0. The van der Waals surface area contributed by atoms with E-state index in [0.717, 1.165) is 18.4 Å². The number of carboxylic acids is 1. The van der Waals surface area contributed by atoms with E-state index >= 15 is 0 Å². The second kappa shape index (κ2) is 5.30. The van der Waals surface area contributed by atoms with Gasteiger partial charge in [0.25, 0.3) is 0 Å². The van der Waals surface area contributed by atoms with Crippen molar-refractivity contribution in [3.05, 3.63) is 29.8 Å². The average Bonchev–Trinajstić information content (AvgIpc) is 3.11. The molecule has 0 saturated heterocycles. The van der Waals surface area contributed by atoms with E-state index in [4.69, 9.17) is 5.11 Å². The minimum Gasteiger partial charge on any atom is -0.481 e. The third kappa shape index (κ3) is 3.78.